The molecule has 1 aromatic heterocycles. The summed E-state index contributed by atoms with van der Waals surface area (Å²) >= 11 is 13.1. The number of nitrogens with two attached hydrogens (primary N) is 1. The van der Waals surface area contributed by atoms with Gasteiger partial charge in [-0.3, -0.25) is 0 Å². The Kier molecular flexibility index (Phi) is 6.64. The van der Waals surface area contributed by atoms with E-state index >= 15 is 0 Å². The van der Waals surface area contributed by atoms with Gasteiger partial charge in [-0.05, 0) is 36.8 Å². The summed E-state index contributed by atoms with van der Waals surface area (Å²) in [5, 5.41) is 13.0. The lowest BCUT2D eigenvalue weighted by molar-refractivity contribution is 0.0692. The van der Waals surface area contributed by atoms with Crippen molar-refractivity contribution in [2.75, 3.05) is 11.1 Å². The summed E-state index contributed by atoms with van der Waals surface area (Å²) in [5.74, 6) is -1.10. The van der Waals surface area contributed by atoms with Crippen molar-refractivity contribution in [1.29, 1.82) is 0 Å². The maximum Gasteiger partial charge on any atom is 0.357 e. The maximum atomic E-state index is 10.9. The van der Waals surface area contributed by atoms with Crippen LogP contribution in [-0.4, -0.2) is 16.1 Å². The molecule has 0 fully saturated rings. The number of carboxylic acid groups (broad SMARTS) is 1. The molecule has 8 heteroatoms. The van der Waals surface area contributed by atoms with Crippen molar-refractivity contribution in [3.8, 4) is 0 Å². The Labute approximate surface area is 159 Å². The summed E-state index contributed by atoms with van der Waals surface area (Å²) in [5.41, 5.74) is 9.38. The molecule has 0 aliphatic carbocycles. The first-order valence-electron chi connectivity index (χ1n) is 7.08. The van der Waals surface area contributed by atoms with Gasteiger partial charge in [0.2, 0.25) is 0 Å². The van der Waals surface area contributed by atoms with E-state index in [1.165, 1.54) is 22.4 Å². The molecule has 0 bridgehead atoms. The van der Waals surface area contributed by atoms with Crippen LogP contribution in [-0.2, 0) is 0 Å². The number of aromatic carboxylic acids is 1. The Morgan fingerprint density at radius 1 is 1.20 bits per heavy atom. The van der Waals surface area contributed by atoms with Gasteiger partial charge in [-0.25, -0.2) is 9.78 Å². The summed E-state index contributed by atoms with van der Waals surface area (Å²) in [7, 11) is 0. The van der Waals surface area contributed by atoms with E-state index in [0.29, 0.717) is 20.7 Å². The van der Waals surface area contributed by atoms with Gasteiger partial charge in [-0.15, -0.1) is 11.3 Å². The van der Waals surface area contributed by atoms with E-state index < -0.39 is 5.97 Å². The van der Waals surface area contributed by atoms with Crippen molar-refractivity contribution >= 4 is 56.9 Å². The predicted molar refractivity (Wildman–Crippen MR) is 104 cm³/mol. The zero-order valence-electron chi connectivity index (χ0n) is 13.2. The second-order valence-electron chi connectivity index (χ2n) is 4.97. The Morgan fingerprint density at radius 3 is 2.36 bits per heavy atom. The average molecular weight is 396 g/mol. The van der Waals surface area contributed by atoms with Crippen LogP contribution in [0, 0.1) is 6.92 Å². The highest BCUT2D eigenvalue weighted by Crippen LogP contribution is 2.34. The molecule has 0 atom stereocenters. The van der Waals surface area contributed by atoms with Gasteiger partial charge in [0, 0.05) is 5.69 Å². The molecule has 5 nitrogen and oxygen atoms in total. The largest absolute Gasteiger partial charge is 0.476 e. The minimum absolute atomic E-state index is 0.0500. The first-order chi connectivity index (χ1) is 11.9. The number of aromatic nitrogens is 1. The van der Waals surface area contributed by atoms with Crippen LogP contribution >= 0.6 is 34.5 Å². The highest BCUT2D eigenvalue weighted by molar-refractivity contribution is 7.14. The van der Waals surface area contributed by atoms with Crippen LogP contribution in [0.25, 0.3) is 0 Å². The zero-order chi connectivity index (χ0) is 18.4. The molecule has 0 saturated carbocycles. The number of para-hydroxylation sites is 1. The highest BCUT2D eigenvalue weighted by Gasteiger charge is 2.15. The van der Waals surface area contributed by atoms with Gasteiger partial charge in [0.05, 0.1) is 21.2 Å². The van der Waals surface area contributed by atoms with Crippen molar-refractivity contribution in [1.82, 2.24) is 4.98 Å². The molecule has 3 aromatic rings. The lowest BCUT2D eigenvalue weighted by Gasteiger charge is -2.08. The van der Waals surface area contributed by atoms with Crippen molar-refractivity contribution in [2.24, 2.45) is 0 Å². The summed E-state index contributed by atoms with van der Waals surface area (Å²) < 4.78 is 0. The molecular formula is C17H15Cl2N3O2S. The van der Waals surface area contributed by atoms with Crippen LogP contribution in [0.5, 0.6) is 0 Å². The lowest BCUT2D eigenvalue weighted by Crippen LogP contribution is -2.01. The van der Waals surface area contributed by atoms with Gasteiger partial charge < -0.3 is 16.2 Å². The van der Waals surface area contributed by atoms with E-state index in [-0.39, 0.29) is 5.69 Å². The van der Waals surface area contributed by atoms with E-state index in [1.54, 1.807) is 18.2 Å². The molecule has 4 N–H and O–H groups in total. The number of nitrogens with one attached hydrogen (secondary N) is 1. The Morgan fingerprint density at radius 2 is 1.84 bits per heavy atom. The molecule has 0 aliphatic rings. The molecule has 0 spiro atoms. The third-order valence-electron chi connectivity index (χ3n) is 3.01. The predicted octanol–water partition coefficient (Wildman–Crippen LogP) is 5.47. The minimum Gasteiger partial charge on any atom is -0.476 e. The van der Waals surface area contributed by atoms with Crippen molar-refractivity contribution in [3.05, 3.63) is 69.3 Å². The van der Waals surface area contributed by atoms with Crippen LogP contribution in [0.4, 0.5) is 16.4 Å². The minimum atomic E-state index is -1.10. The fourth-order valence-electron chi connectivity index (χ4n) is 1.89. The first kappa shape index (κ1) is 19.1. The second-order valence-corrected chi connectivity index (χ2v) is 6.64. The number of carbonyl (C=O) groups is 1. The SMILES string of the molecule is Cc1cccc(N)c1.O=C(O)c1ncsc1Nc1c(Cl)cccc1Cl. The molecule has 130 valence electrons. The van der Waals surface area contributed by atoms with Crippen LogP contribution in [0.1, 0.15) is 16.1 Å². The molecule has 1 heterocycles. The van der Waals surface area contributed by atoms with Crippen molar-refractivity contribution in [2.45, 2.75) is 6.92 Å². The van der Waals surface area contributed by atoms with Crippen molar-refractivity contribution < 1.29 is 9.90 Å². The first-order valence-corrected chi connectivity index (χ1v) is 8.72. The number of aryl methyl sites for hydroxylation is 1. The van der Waals surface area contributed by atoms with Gasteiger partial charge in [-0.2, -0.15) is 0 Å². The van der Waals surface area contributed by atoms with E-state index in [0.717, 1.165) is 5.69 Å². The third kappa shape index (κ3) is 5.35. The quantitative estimate of drug-likeness (QED) is 0.511. The monoisotopic (exact) mass is 395 g/mol. The van der Waals surface area contributed by atoms with E-state index in [4.69, 9.17) is 34.0 Å². The smallest absolute Gasteiger partial charge is 0.357 e. The summed E-state index contributed by atoms with van der Waals surface area (Å²) in [4.78, 5) is 14.6. The fourth-order valence-corrected chi connectivity index (χ4v) is 3.06. The Bertz CT molecular complexity index is 846. The molecule has 0 saturated heterocycles. The number of nitrogen functional groups attached to an aromatic ring is 1. The molecular weight excluding hydrogens is 381 g/mol. The van der Waals surface area contributed by atoms with Crippen molar-refractivity contribution in [3.63, 3.8) is 0 Å². The van der Waals surface area contributed by atoms with E-state index in [1.807, 2.05) is 31.2 Å². The molecule has 0 amide bonds. The number of anilines is 3. The number of halogens is 2. The number of thiazole rings is 1. The number of carboxylic acids is 1. The Balaban J connectivity index is 0.000000236. The normalized spacial score (nSPS) is 9.88. The van der Waals surface area contributed by atoms with Crippen LogP contribution in [0.15, 0.2) is 48.0 Å². The molecule has 3 rings (SSSR count). The van der Waals surface area contributed by atoms with E-state index in [9.17, 15) is 4.79 Å². The highest BCUT2D eigenvalue weighted by atomic mass is 35.5. The second kappa shape index (κ2) is 8.71. The van der Waals surface area contributed by atoms with Gasteiger partial charge in [0.1, 0.15) is 5.00 Å². The molecule has 0 unspecified atom stereocenters. The van der Waals surface area contributed by atoms with Crippen LogP contribution in [0.2, 0.25) is 10.0 Å². The molecule has 2 aromatic carbocycles. The molecule has 0 radical (unpaired) electrons. The number of hydrogen-bond donors (Lipinski definition) is 3. The summed E-state index contributed by atoms with van der Waals surface area (Å²) in [6.45, 7) is 2.02. The van der Waals surface area contributed by atoms with Crippen LogP contribution in [0.3, 0.4) is 0 Å². The zero-order valence-corrected chi connectivity index (χ0v) is 15.5. The average Bonchev–Trinajstić information content (AvgIpc) is 3.00. The van der Waals surface area contributed by atoms with E-state index in [2.05, 4.69) is 10.3 Å². The summed E-state index contributed by atoms with van der Waals surface area (Å²) in [6, 6.07) is 12.8. The third-order valence-corrected chi connectivity index (χ3v) is 4.39. The lowest BCUT2D eigenvalue weighted by atomic mass is 10.2. The number of benzene rings is 2. The topological polar surface area (TPSA) is 88.2 Å². The standard InChI is InChI=1S/C10H6Cl2N2O2S.C7H9N/c11-5-2-1-3-6(12)7(5)14-9-8(10(15)16)13-4-17-9;1-6-3-2-4-7(8)5-6/h1-4,14H,(H,15,16);2-5H,8H2,1H3. The number of hydrogen-bond acceptors (Lipinski definition) is 5. The Hall–Kier alpha value is -2.28. The fraction of sp³-hybridized carbons (Fsp3) is 0.0588. The van der Waals surface area contributed by atoms with Gasteiger partial charge in [0.25, 0.3) is 0 Å². The summed E-state index contributed by atoms with van der Waals surface area (Å²) in [6.07, 6.45) is 0. The van der Waals surface area contributed by atoms with Gasteiger partial charge >= 0.3 is 5.97 Å². The van der Waals surface area contributed by atoms with Crippen LogP contribution < -0.4 is 11.1 Å². The molecule has 0 aliphatic heterocycles. The molecule has 25 heavy (non-hydrogen) atoms. The maximum absolute atomic E-state index is 10.9. The number of nitrogens with zero attached hydrogens (tertiary/aromatic N) is 1. The van der Waals surface area contributed by atoms with Gasteiger partial charge in [0.15, 0.2) is 5.69 Å². The number of rotatable bonds is 3. The van der Waals surface area contributed by atoms with Gasteiger partial charge in [-0.1, -0.05) is 41.4 Å².